The predicted octanol–water partition coefficient (Wildman–Crippen LogP) is 3.81. The maximum atomic E-state index is 12.2. The molecule has 0 atom stereocenters. The minimum Gasteiger partial charge on any atom is -0.504 e. The van der Waals surface area contributed by atoms with Gasteiger partial charge in [0, 0.05) is 17.2 Å². The second-order valence-corrected chi connectivity index (χ2v) is 6.98. The third-order valence-electron chi connectivity index (χ3n) is 4.88. The fraction of sp³-hybridized carbons (Fsp3) is 0.130. The van der Waals surface area contributed by atoms with Crippen LogP contribution in [0.5, 0.6) is 28.7 Å². The summed E-state index contributed by atoms with van der Waals surface area (Å²) < 4.78 is 16.0. The molecule has 0 unspecified atom stereocenters. The fourth-order valence-electron chi connectivity index (χ4n) is 3.31. The van der Waals surface area contributed by atoms with Crippen LogP contribution in [0.15, 0.2) is 51.7 Å². The normalized spacial score (nSPS) is 10.8. The Morgan fingerprint density at radius 2 is 1.50 bits per heavy atom. The number of aromatic hydroxyl groups is 3. The van der Waals surface area contributed by atoms with Gasteiger partial charge in [0.05, 0.1) is 14.2 Å². The lowest BCUT2D eigenvalue weighted by atomic mass is 10.1. The number of benzene rings is 2. The number of aryl methyl sites for hydroxylation is 1. The first-order valence-electron chi connectivity index (χ1n) is 9.51. The van der Waals surface area contributed by atoms with Crippen LogP contribution in [0.2, 0.25) is 0 Å². The molecule has 4 rings (SSSR count). The number of H-pyrrole nitrogens is 1. The molecule has 164 valence electrons. The van der Waals surface area contributed by atoms with Crippen molar-refractivity contribution in [1.29, 1.82) is 0 Å². The van der Waals surface area contributed by atoms with E-state index in [9.17, 15) is 20.1 Å². The van der Waals surface area contributed by atoms with E-state index in [1.807, 2.05) is 0 Å². The lowest BCUT2D eigenvalue weighted by Crippen LogP contribution is -2.01. The number of imidazole rings is 1. The van der Waals surface area contributed by atoms with Crippen molar-refractivity contribution in [2.45, 2.75) is 6.92 Å². The highest BCUT2D eigenvalue weighted by Crippen LogP contribution is 2.40. The molecule has 0 bridgehead atoms. The van der Waals surface area contributed by atoms with Gasteiger partial charge in [-0.3, -0.25) is 4.79 Å². The Bertz CT molecular complexity index is 1370. The van der Waals surface area contributed by atoms with Crippen molar-refractivity contribution < 1.29 is 29.2 Å². The van der Waals surface area contributed by atoms with Gasteiger partial charge in [-0.2, -0.15) is 0 Å². The van der Waals surface area contributed by atoms with E-state index in [0.717, 1.165) is 0 Å². The molecule has 0 saturated heterocycles. The molecular formula is C23H20N2O7. The third kappa shape index (κ3) is 3.60. The molecule has 0 aliphatic heterocycles. The van der Waals surface area contributed by atoms with Crippen molar-refractivity contribution in [3.05, 3.63) is 58.4 Å². The summed E-state index contributed by atoms with van der Waals surface area (Å²) in [6, 6.07) is 10.5. The van der Waals surface area contributed by atoms with Gasteiger partial charge in [-0.25, -0.2) is 4.98 Å². The summed E-state index contributed by atoms with van der Waals surface area (Å²) in [7, 11) is 2.85. The molecule has 9 heteroatoms. The highest BCUT2D eigenvalue weighted by Gasteiger charge is 2.23. The lowest BCUT2D eigenvalue weighted by Gasteiger charge is -2.08. The van der Waals surface area contributed by atoms with Crippen LogP contribution in [0.4, 0.5) is 0 Å². The van der Waals surface area contributed by atoms with Crippen molar-refractivity contribution in [2.75, 3.05) is 14.2 Å². The van der Waals surface area contributed by atoms with Gasteiger partial charge in [0.15, 0.2) is 28.8 Å². The molecule has 2 aromatic carbocycles. The van der Waals surface area contributed by atoms with Crippen LogP contribution >= 0.6 is 0 Å². The van der Waals surface area contributed by atoms with E-state index < -0.39 is 11.2 Å². The summed E-state index contributed by atoms with van der Waals surface area (Å²) >= 11 is 0. The Kier molecular flexibility index (Phi) is 5.23. The van der Waals surface area contributed by atoms with E-state index in [-0.39, 0.29) is 34.5 Å². The summed E-state index contributed by atoms with van der Waals surface area (Å²) in [6.45, 7) is 1.59. The molecule has 32 heavy (non-hydrogen) atoms. The monoisotopic (exact) mass is 436 g/mol. The van der Waals surface area contributed by atoms with E-state index in [1.54, 1.807) is 31.2 Å². The minimum atomic E-state index is -0.597. The first-order chi connectivity index (χ1) is 15.3. The van der Waals surface area contributed by atoms with Gasteiger partial charge in [0.2, 0.25) is 11.2 Å². The van der Waals surface area contributed by atoms with Crippen molar-refractivity contribution in [2.24, 2.45) is 0 Å². The van der Waals surface area contributed by atoms with Gasteiger partial charge in [0.1, 0.15) is 23.0 Å². The van der Waals surface area contributed by atoms with E-state index >= 15 is 0 Å². The van der Waals surface area contributed by atoms with Crippen LogP contribution in [0.25, 0.3) is 34.1 Å². The number of aromatic amines is 1. The van der Waals surface area contributed by atoms with Crippen LogP contribution in [0.3, 0.4) is 0 Å². The van der Waals surface area contributed by atoms with Crippen LogP contribution in [0.1, 0.15) is 5.76 Å². The van der Waals surface area contributed by atoms with E-state index in [1.165, 1.54) is 32.4 Å². The van der Waals surface area contributed by atoms with E-state index in [2.05, 4.69) is 9.97 Å². The second-order valence-electron chi connectivity index (χ2n) is 6.98. The number of aromatic nitrogens is 2. The number of hydrogen-bond donors (Lipinski definition) is 4. The lowest BCUT2D eigenvalue weighted by molar-refractivity contribution is 0.373. The van der Waals surface area contributed by atoms with E-state index in [0.29, 0.717) is 28.4 Å². The van der Waals surface area contributed by atoms with Gasteiger partial charge in [0.25, 0.3) is 0 Å². The average Bonchev–Trinajstić information content (AvgIpc) is 3.22. The largest absolute Gasteiger partial charge is 0.504 e. The minimum absolute atomic E-state index is 0.0335. The summed E-state index contributed by atoms with van der Waals surface area (Å²) in [5, 5.41) is 30.3. The molecule has 0 fully saturated rings. The molecule has 0 saturated carbocycles. The summed E-state index contributed by atoms with van der Waals surface area (Å²) in [5.74, 6) is 0.402. The maximum absolute atomic E-state index is 12.2. The average molecular weight is 436 g/mol. The van der Waals surface area contributed by atoms with Crippen LogP contribution in [-0.4, -0.2) is 39.5 Å². The van der Waals surface area contributed by atoms with Crippen LogP contribution in [-0.2, 0) is 0 Å². The van der Waals surface area contributed by atoms with Crippen molar-refractivity contribution in [3.63, 3.8) is 0 Å². The first-order valence-corrected chi connectivity index (χ1v) is 9.51. The van der Waals surface area contributed by atoms with Crippen molar-refractivity contribution >= 4 is 0 Å². The highest BCUT2D eigenvalue weighted by atomic mass is 16.5. The van der Waals surface area contributed by atoms with Crippen molar-refractivity contribution in [1.82, 2.24) is 9.97 Å². The maximum Gasteiger partial charge on any atom is 0.227 e. The number of nitrogens with zero attached hydrogens (tertiary/aromatic N) is 1. The van der Waals surface area contributed by atoms with E-state index in [4.69, 9.17) is 13.9 Å². The third-order valence-corrected chi connectivity index (χ3v) is 4.88. The second kappa shape index (κ2) is 8.03. The Morgan fingerprint density at radius 3 is 2.12 bits per heavy atom. The Balaban J connectivity index is 1.99. The Labute approximate surface area is 182 Å². The summed E-state index contributed by atoms with van der Waals surface area (Å²) in [4.78, 5) is 19.9. The molecule has 2 aromatic heterocycles. The smallest absolute Gasteiger partial charge is 0.227 e. The number of hydrogen-bond acceptors (Lipinski definition) is 8. The van der Waals surface area contributed by atoms with Gasteiger partial charge in [-0.05, 0) is 43.3 Å². The molecule has 0 amide bonds. The topological polar surface area (TPSA) is 138 Å². The molecule has 4 N–H and O–H groups in total. The number of methoxy groups -OCH3 is 2. The van der Waals surface area contributed by atoms with Gasteiger partial charge < -0.3 is 34.2 Å². The molecule has 0 aliphatic rings. The quantitative estimate of drug-likeness (QED) is 0.371. The van der Waals surface area contributed by atoms with Gasteiger partial charge in [-0.15, -0.1) is 0 Å². The standard InChI is InChI=1S/C23H20N2O7/c1-11-8-16(28)21(29)22(32-11)20-19(12-4-6-14(26)17(9-12)30-2)24-23(25-20)13-5-7-15(27)18(10-13)31-3/h4-10,26-27,29H,1-3H3,(H,24,25). The zero-order valence-corrected chi connectivity index (χ0v) is 17.5. The van der Waals surface area contributed by atoms with Gasteiger partial charge >= 0.3 is 0 Å². The molecule has 0 spiro atoms. The van der Waals surface area contributed by atoms with Gasteiger partial charge in [-0.1, -0.05) is 0 Å². The zero-order chi connectivity index (χ0) is 23.0. The Morgan fingerprint density at radius 1 is 0.906 bits per heavy atom. The number of phenols is 2. The van der Waals surface area contributed by atoms with Crippen LogP contribution in [0, 0.1) is 6.92 Å². The molecular weight excluding hydrogens is 416 g/mol. The molecule has 9 nitrogen and oxygen atoms in total. The highest BCUT2D eigenvalue weighted by molar-refractivity contribution is 5.82. The number of phenolic OH excluding ortho intramolecular Hbond substituents is 2. The fourth-order valence-corrected chi connectivity index (χ4v) is 3.31. The number of ether oxygens (including phenoxy) is 2. The molecule has 2 heterocycles. The first kappa shape index (κ1) is 20.9. The van der Waals surface area contributed by atoms with Crippen molar-refractivity contribution in [3.8, 4) is 62.8 Å². The van der Waals surface area contributed by atoms with Crippen LogP contribution < -0.4 is 14.9 Å². The SMILES string of the molecule is COc1cc(-c2nc(-c3ccc(O)c(OC)c3)c(-c3oc(C)cc(=O)c3O)[nH]2)ccc1O. The predicted molar refractivity (Wildman–Crippen MR) is 116 cm³/mol. The summed E-state index contributed by atoms with van der Waals surface area (Å²) in [6.07, 6.45) is 0. The number of nitrogens with one attached hydrogen (secondary N) is 1. The summed E-state index contributed by atoms with van der Waals surface area (Å²) in [5.41, 5.74) is 1.10. The molecule has 0 radical (unpaired) electrons. The molecule has 0 aliphatic carbocycles. The molecule has 4 aromatic rings. The number of rotatable bonds is 5. The zero-order valence-electron chi connectivity index (χ0n) is 17.5. The Hall–Kier alpha value is -4.40.